The van der Waals surface area contributed by atoms with E-state index in [1.807, 2.05) is 57.7 Å². The number of carbonyl (C=O) groups excluding carboxylic acids is 1. The highest BCUT2D eigenvalue weighted by atomic mass is 35.5. The number of ether oxygens (including phenoxy) is 3. The molecule has 0 saturated heterocycles. The third kappa shape index (κ3) is 12.2. The summed E-state index contributed by atoms with van der Waals surface area (Å²) in [7, 11) is 2.12. The van der Waals surface area contributed by atoms with Gasteiger partial charge in [-0.1, -0.05) is 54.1 Å². The Morgan fingerprint density at radius 2 is 1.55 bits per heavy atom. The number of unbranched alkanes of at least 4 members (excludes halogenated alkanes) is 1. The monoisotopic (exact) mass is 546 g/mol. The molecule has 0 radical (unpaired) electrons. The predicted octanol–water partition coefficient (Wildman–Crippen LogP) is 7.64. The van der Waals surface area contributed by atoms with Crippen LogP contribution in [0.25, 0.3) is 11.1 Å². The van der Waals surface area contributed by atoms with Gasteiger partial charge in [-0.3, -0.25) is 0 Å². The molecule has 0 atom stereocenters. The maximum absolute atomic E-state index is 12.8. The van der Waals surface area contributed by atoms with Crippen molar-refractivity contribution in [2.75, 3.05) is 39.9 Å². The predicted molar refractivity (Wildman–Crippen MR) is 157 cm³/mol. The molecule has 2 aromatic rings. The van der Waals surface area contributed by atoms with Crippen molar-refractivity contribution in [3.05, 3.63) is 59.1 Å². The minimum absolute atomic E-state index is 0.227. The van der Waals surface area contributed by atoms with Crippen molar-refractivity contribution < 1.29 is 19.0 Å². The van der Waals surface area contributed by atoms with Crippen LogP contribution in [0.15, 0.2) is 48.5 Å². The fourth-order valence-electron chi connectivity index (χ4n) is 4.24. The molecule has 0 aliphatic heterocycles. The number of nitrogens with zero attached hydrogens (tertiary/aromatic N) is 2. The second kappa shape index (κ2) is 16.8. The second-order valence-electron chi connectivity index (χ2n) is 10.6. The number of carbonyl (C=O) groups is 1. The molecule has 0 bridgehead atoms. The molecule has 212 valence electrons. The number of hydrogen-bond donors (Lipinski definition) is 0. The van der Waals surface area contributed by atoms with Crippen molar-refractivity contribution in [2.45, 2.75) is 78.7 Å². The SMILES string of the molecule is CCOC(CCCN(CCCCN(C)Cc1ccc(-c2ccccc2)c(Cl)c1)C(=O)OC(C)(C)C)OCC. The van der Waals surface area contributed by atoms with Crippen molar-refractivity contribution in [1.82, 2.24) is 9.80 Å². The summed E-state index contributed by atoms with van der Waals surface area (Å²) in [5.74, 6) is 0. The van der Waals surface area contributed by atoms with Crippen LogP contribution in [0.4, 0.5) is 4.79 Å². The normalized spacial score (nSPS) is 11.8. The first kappa shape index (κ1) is 32.1. The summed E-state index contributed by atoms with van der Waals surface area (Å²) in [4.78, 5) is 16.9. The van der Waals surface area contributed by atoms with Gasteiger partial charge in [0.1, 0.15) is 5.60 Å². The summed E-state index contributed by atoms with van der Waals surface area (Å²) in [5, 5.41) is 0.769. The summed E-state index contributed by atoms with van der Waals surface area (Å²) >= 11 is 6.60. The molecule has 7 heteroatoms. The highest BCUT2D eigenvalue weighted by Crippen LogP contribution is 2.29. The zero-order valence-electron chi connectivity index (χ0n) is 24.2. The first-order chi connectivity index (χ1) is 18.1. The van der Waals surface area contributed by atoms with Gasteiger partial charge < -0.3 is 24.0 Å². The quantitative estimate of drug-likeness (QED) is 0.160. The number of amides is 1. The van der Waals surface area contributed by atoms with Crippen LogP contribution in [-0.4, -0.2) is 67.7 Å². The lowest BCUT2D eigenvalue weighted by Gasteiger charge is -2.28. The molecule has 38 heavy (non-hydrogen) atoms. The van der Waals surface area contributed by atoms with E-state index in [2.05, 4.69) is 42.3 Å². The Morgan fingerprint density at radius 3 is 2.16 bits per heavy atom. The van der Waals surface area contributed by atoms with Gasteiger partial charge in [0.2, 0.25) is 0 Å². The summed E-state index contributed by atoms with van der Waals surface area (Å²) in [5.41, 5.74) is 2.84. The molecule has 0 N–H and O–H groups in total. The van der Waals surface area contributed by atoms with E-state index in [1.54, 1.807) is 0 Å². The topological polar surface area (TPSA) is 51.2 Å². The van der Waals surface area contributed by atoms with E-state index in [0.717, 1.165) is 54.9 Å². The zero-order valence-corrected chi connectivity index (χ0v) is 24.9. The molecule has 0 fully saturated rings. The van der Waals surface area contributed by atoms with Crippen LogP contribution in [0.1, 0.15) is 65.9 Å². The number of hydrogen-bond acceptors (Lipinski definition) is 5. The van der Waals surface area contributed by atoms with Crippen molar-refractivity contribution in [1.29, 1.82) is 0 Å². The highest BCUT2D eigenvalue weighted by molar-refractivity contribution is 6.33. The Morgan fingerprint density at radius 1 is 0.921 bits per heavy atom. The third-order valence-corrected chi connectivity index (χ3v) is 6.33. The molecule has 2 rings (SSSR count). The average molecular weight is 547 g/mol. The molecule has 6 nitrogen and oxygen atoms in total. The Kier molecular flexibility index (Phi) is 14.2. The molecular formula is C31H47ClN2O4. The van der Waals surface area contributed by atoms with E-state index in [9.17, 15) is 4.79 Å². The van der Waals surface area contributed by atoms with Gasteiger partial charge in [0, 0.05) is 49.9 Å². The second-order valence-corrected chi connectivity index (χ2v) is 11.0. The van der Waals surface area contributed by atoms with Gasteiger partial charge in [0.25, 0.3) is 0 Å². The van der Waals surface area contributed by atoms with Gasteiger partial charge in [-0.25, -0.2) is 4.79 Å². The van der Waals surface area contributed by atoms with Crippen molar-refractivity contribution >= 4 is 17.7 Å². The molecule has 0 aliphatic rings. The van der Waals surface area contributed by atoms with Gasteiger partial charge >= 0.3 is 6.09 Å². The van der Waals surface area contributed by atoms with Crippen molar-refractivity contribution in [3.8, 4) is 11.1 Å². The van der Waals surface area contributed by atoms with Gasteiger partial charge in [0.05, 0.1) is 0 Å². The molecule has 0 spiro atoms. The zero-order chi connectivity index (χ0) is 28.0. The van der Waals surface area contributed by atoms with Gasteiger partial charge in [0.15, 0.2) is 6.29 Å². The Bertz CT molecular complexity index is 943. The molecular weight excluding hydrogens is 500 g/mol. The third-order valence-electron chi connectivity index (χ3n) is 6.01. The van der Waals surface area contributed by atoms with Crippen molar-refractivity contribution in [3.63, 3.8) is 0 Å². The molecule has 2 aromatic carbocycles. The van der Waals surface area contributed by atoms with E-state index in [1.165, 1.54) is 5.56 Å². The van der Waals surface area contributed by atoms with E-state index >= 15 is 0 Å². The van der Waals surface area contributed by atoms with E-state index in [0.29, 0.717) is 26.3 Å². The van der Waals surface area contributed by atoms with Gasteiger partial charge in [-0.2, -0.15) is 0 Å². The van der Waals surface area contributed by atoms with Gasteiger partial charge in [-0.15, -0.1) is 0 Å². The van der Waals surface area contributed by atoms with Crippen LogP contribution in [0.5, 0.6) is 0 Å². The van der Waals surface area contributed by atoms with Crippen LogP contribution in [0.2, 0.25) is 5.02 Å². The fraction of sp³-hybridized carbons (Fsp3) is 0.581. The minimum Gasteiger partial charge on any atom is -0.444 e. The summed E-state index contributed by atoms with van der Waals surface area (Å²) < 4.78 is 17.0. The number of halogens is 1. The van der Waals surface area contributed by atoms with Crippen LogP contribution in [0, 0.1) is 0 Å². The lowest BCUT2D eigenvalue weighted by Crippen LogP contribution is -2.38. The van der Waals surface area contributed by atoms with E-state index < -0.39 is 5.60 Å². The van der Waals surface area contributed by atoms with Gasteiger partial charge in [-0.05, 0) is 84.7 Å². The summed E-state index contributed by atoms with van der Waals surface area (Å²) in [6.07, 6.45) is 2.93. The number of benzene rings is 2. The lowest BCUT2D eigenvalue weighted by atomic mass is 10.0. The molecule has 0 unspecified atom stereocenters. The first-order valence-electron chi connectivity index (χ1n) is 13.9. The van der Waals surface area contributed by atoms with E-state index in [-0.39, 0.29) is 12.4 Å². The summed E-state index contributed by atoms with van der Waals surface area (Å²) in [6, 6.07) is 16.5. The number of rotatable bonds is 16. The van der Waals surface area contributed by atoms with Crippen LogP contribution >= 0.6 is 11.6 Å². The van der Waals surface area contributed by atoms with Crippen LogP contribution < -0.4 is 0 Å². The standard InChI is InChI=1S/C31H47ClN2O4/c1-7-36-29(37-8-2)17-14-22-34(30(35)38-31(3,4)5)21-13-12-20-33(6)24-25-18-19-27(28(32)23-25)26-15-10-9-11-16-26/h9-11,15-16,18-19,23,29H,7-8,12-14,17,20-22,24H2,1-6H3. The Labute approximate surface area is 235 Å². The fourth-order valence-corrected chi connectivity index (χ4v) is 4.55. The maximum Gasteiger partial charge on any atom is 0.410 e. The molecule has 0 aliphatic carbocycles. The van der Waals surface area contributed by atoms with E-state index in [4.69, 9.17) is 25.8 Å². The molecule has 0 aromatic heterocycles. The Hall–Kier alpha value is -2.12. The smallest absolute Gasteiger partial charge is 0.410 e. The highest BCUT2D eigenvalue weighted by Gasteiger charge is 2.22. The summed E-state index contributed by atoms with van der Waals surface area (Å²) in [6.45, 7) is 13.9. The van der Waals surface area contributed by atoms with Crippen LogP contribution in [0.3, 0.4) is 0 Å². The maximum atomic E-state index is 12.8. The molecule has 1 amide bonds. The van der Waals surface area contributed by atoms with Crippen molar-refractivity contribution in [2.24, 2.45) is 0 Å². The minimum atomic E-state index is -0.522. The van der Waals surface area contributed by atoms with Crippen LogP contribution in [-0.2, 0) is 20.8 Å². The largest absolute Gasteiger partial charge is 0.444 e. The molecule has 0 saturated carbocycles. The first-order valence-corrected chi connectivity index (χ1v) is 14.2. The molecule has 0 heterocycles. The average Bonchev–Trinajstić information content (AvgIpc) is 2.85. The lowest BCUT2D eigenvalue weighted by molar-refractivity contribution is -0.140. The Balaban J connectivity index is 1.83.